The lowest BCUT2D eigenvalue weighted by Gasteiger charge is -2.45. The number of rotatable bonds is 6. The topological polar surface area (TPSA) is 18.5 Å². The van der Waals surface area contributed by atoms with E-state index in [1.54, 1.807) is 0 Å². The quantitative estimate of drug-likeness (QED) is 0.747. The van der Waals surface area contributed by atoms with Gasteiger partial charge in [-0.15, -0.1) is 0 Å². The molecule has 114 valence electrons. The molecule has 0 aliphatic carbocycles. The third kappa shape index (κ3) is 5.80. The van der Waals surface area contributed by atoms with E-state index >= 15 is 0 Å². The van der Waals surface area contributed by atoms with E-state index in [2.05, 4.69) is 56.9 Å². The average molecular weight is 269 g/mol. The molecule has 1 N–H and O–H groups in total. The molecule has 0 radical (unpaired) electrons. The molecule has 1 rings (SSSR count). The van der Waals surface area contributed by atoms with Gasteiger partial charge in [0.25, 0.3) is 0 Å². The molecule has 0 aromatic carbocycles. The standard InChI is InChI=1S/C16H35N3/c1-7-14-12-17-15(16(2,3)4)13-19(14)11-9-8-10-18(5)6/h14-15,17H,7-13H2,1-6H3. The number of unbranched alkanes of at least 4 members (excludes halogenated alkanes) is 1. The van der Waals surface area contributed by atoms with E-state index in [-0.39, 0.29) is 0 Å². The summed E-state index contributed by atoms with van der Waals surface area (Å²) in [4.78, 5) is 5.01. The van der Waals surface area contributed by atoms with Gasteiger partial charge in [-0.1, -0.05) is 27.7 Å². The van der Waals surface area contributed by atoms with Gasteiger partial charge in [0.1, 0.15) is 0 Å². The van der Waals surface area contributed by atoms with Crippen molar-refractivity contribution in [2.24, 2.45) is 5.41 Å². The number of piperazine rings is 1. The van der Waals surface area contributed by atoms with Crippen LogP contribution in [0.25, 0.3) is 0 Å². The Labute approximate surface area is 120 Å². The Morgan fingerprint density at radius 2 is 1.89 bits per heavy atom. The van der Waals surface area contributed by atoms with Crippen LogP contribution in [0.1, 0.15) is 47.0 Å². The fourth-order valence-corrected chi connectivity index (χ4v) is 2.85. The van der Waals surface area contributed by atoms with Crippen LogP contribution in [0.4, 0.5) is 0 Å². The zero-order valence-electron chi connectivity index (χ0n) is 14.0. The maximum absolute atomic E-state index is 3.75. The lowest BCUT2D eigenvalue weighted by Crippen LogP contribution is -2.60. The van der Waals surface area contributed by atoms with Crippen molar-refractivity contribution in [1.29, 1.82) is 0 Å². The van der Waals surface area contributed by atoms with Gasteiger partial charge in [0.05, 0.1) is 0 Å². The Morgan fingerprint density at radius 3 is 2.42 bits per heavy atom. The lowest BCUT2D eigenvalue weighted by atomic mass is 9.84. The van der Waals surface area contributed by atoms with Crippen LogP contribution in [-0.2, 0) is 0 Å². The number of hydrogen-bond donors (Lipinski definition) is 1. The number of nitrogens with zero attached hydrogens (tertiary/aromatic N) is 2. The first-order chi connectivity index (χ1) is 8.84. The summed E-state index contributed by atoms with van der Waals surface area (Å²) in [5.41, 5.74) is 0.362. The average Bonchev–Trinajstić information content (AvgIpc) is 2.33. The van der Waals surface area contributed by atoms with E-state index in [0.717, 1.165) is 12.6 Å². The molecule has 0 saturated carbocycles. The first kappa shape index (κ1) is 16.9. The predicted octanol–water partition coefficient (Wildman–Crippen LogP) is 2.43. The molecule has 0 aromatic heterocycles. The highest BCUT2D eigenvalue weighted by atomic mass is 15.2. The Hall–Kier alpha value is -0.120. The maximum atomic E-state index is 3.75. The number of hydrogen-bond acceptors (Lipinski definition) is 3. The van der Waals surface area contributed by atoms with Gasteiger partial charge in [-0.2, -0.15) is 0 Å². The van der Waals surface area contributed by atoms with Gasteiger partial charge in [-0.05, 0) is 51.9 Å². The van der Waals surface area contributed by atoms with Gasteiger partial charge in [0.2, 0.25) is 0 Å². The summed E-state index contributed by atoms with van der Waals surface area (Å²) < 4.78 is 0. The van der Waals surface area contributed by atoms with Crippen molar-refractivity contribution in [3.63, 3.8) is 0 Å². The third-order valence-electron chi connectivity index (χ3n) is 4.35. The van der Waals surface area contributed by atoms with Crippen LogP contribution < -0.4 is 5.32 Å². The van der Waals surface area contributed by atoms with Crippen molar-refractivity contribution in [2.45, 2.75) is 59.0 Å². The highest BCUT2D eigenvalue weighted by Crippen LogP contribution is 2.24. The summed E-state index contributed by atoms with van der Waals surface area (Å²) in [6, 6.07) is 1.36. The molecule has 0 bridgehead atoms. The highest BCUT2D eigenvalue weighted by Gasteiger charge is 2.32. The molecule has 1 aliphatic rings. The molecule has 0 spiro atoms. The maximum Gasteiger partial charge on any atom is 0.0244 e. The fourth-order valence-electron chi connectivity index (χ4n) is 2.85. The molecule has 3 heteroatoms. The van der Waals surface area contributed by atoms with E-state index < -0.39 is 0 Å². The lowest BCUT2D eigenvalue weighted by molar-refractivity contribution is 0.0817. The fraction of sp³-hybridized carbons (Fsp3) is 1.00. The van der Waals surface area contributed by atoms with Crippen LogP contribution >= 0.6 is 0 Å². The Balaban J connectivity index is 2.42. The van der Waals surface area contributed by atoms with Crippen molar-refractivity contribution < 1.29 is 0 Å². The molecular formula is C16H35N3. The monoisotopic (exact) mass is 269 g/mol. The first-order valence-electron chi connectivity index (χ1n) is 7.96. The molecule has 2 unspecified atom stereocenters. The van der Waals surface area contributed by atoms with Crippen LogP contribution in [0.15, 0.2) is 0 Å². The normalized spacial score (nSPS) is 26.1. The van der Waals surface area contributed by atoms with Crippen LogP contribution in [0.2, 0.25) is 0 Å². The van der Waals surface area contributed by atoms with Crippen molar-refractivity contribution in [2.75, 3.05) is 40.3 Å². The Bertz CT molecular complexity index is 245. The summed E-state index contributed by atoms with van der Waals surface area (Å²) in [6.07, 6.45) is 3.90. The van der Waals surface area contributed by atoms with E-state index in [1.165, 1.54) is 38.9 Å². The summed E-state index contributed by atoms with van der Waals surface area (Å²) in [6.45, 7) is 14.2. The zero-order valence-corrected chi connectivity index (χ0v) is 14.0. The van der Waals surface area contributed by atoms with Gasteiger partial charge in [-0.25, -0.2) is 0 Å². The third-order valence-corrected chi connectivity index (χ3v) is 4.35. The highest BCUT2D eigenvalue weighted by molar-refractivity contribution is 4.91. The number of nitrogens with one attached hydrogen (secondary N) is 1. The summed E-state index contributed by atoms with van der Waals surface area (Å²) in [5, 5.41) is 3.75. The van der Waals surface area contributed by atoms with Crippen molar-refractivity contribution in [1.82, 2.24) is 15.1 Å². The van der Waals surface area contributed by atoms with E-state index in [0.29, 0.717) is 11.5 Å². The van der Waals surface area contributed by atoms with Gasteiger partial charge < -0.3 is 10.2 Å². The van der Waals surface area contributed by atoms with Gasteiger partial charge in [0, 0.05) is 25.2 Å². The van der Waals surface area contributed by atoms with Gasteiger partial charge in [0.15, 0.2) is 0 Å². The molecule has 1 fully saturated rings. The van der Waals surface area contributed by atoms with E-state index in [9.17, 15) is 0 Å². The minimum atomic E-state index is 0.362. The molecule has 1 saturated heterocycles. The van der Waals surface area contributed by atoms with Crippen LogP contribution in [0, 0.1) is 5.41 Å². The van der Waals surface area contributed by atoms with Crippen LogP contribution in [0.5, 0.6) is 0 Å². The van der Waals surface area contributed by atoms with E-state index in [4.69, 9.17) is 0 Å². The second-order valence-corrected chi connectivity index (χ2v) is 7.39. The Morgan fingerprint density at radius 1 is 1.21 bits per heavy atom. The SMILES string of the molecule is CCC1CNC(C(C)(C)C)CN1CCCCN(C)C. The van der Waals surface area contributed by atoms with Crippen LogP contribution in [0.3, 0.4) is 0 Å². The molecule has 3 nitrogen and oxygen atoms in total. The summed E-state index contributed by atoms with van der Waals surface area (Å²) in [7, 11) is 4.32. The predicted molar refractivity (Wildman–Crippen MR) is 84.7 cm³/mol. The van der Waals surface area contributed by atoms with Gasteiger partial charge in [-0.3, -0.25) is 4.90 Å². The zero-order chi connectivity index (χ0) is 14.5. The van der Waals surface area contributed by atoms with Crippen molar-refractivity contribution >= 4 is 0 Å². The van der Waals surface area contributed by atoms with Crippen molar-refractivity contribution in [3.05, 3.63) is 0 Å². The minimum absolute atomic E-state index is 0.362. The summed E-state index contributed by atoms with van der Waals surface area (Å²) in [5.74, 6) is 0. The van der Waals surface area contributed by atoms with E-state index in [1.807, 2.05) is 0 Å². The van der Waals surface area contributed by atoms with Crippen molar-refractivity contribution in [3.8, 4) is 0 Å². The minimum Gasteiger partial charge on any atom is -0.311 e. The molecule has 0 aromatic rings. The molecule has 2 atom stereocenters. The first-order valence-corrected chi connectivity index (χ1v) is 7.96. The molecule has 1 heterocycles. The molecule has 0 amide bonds. The second-order valence-electron chi connectivity index (χ2n) is 7.39. The molecular weight excluding hydrogens is 234 g/mol. The molecule has 1 aliphatic heterocycles. The van der Waals surface area contributed by atoms with Gasteiger partial charge >= 0.3 is 0 Å². The van der Waals surface area contributed by atoms with Crippen LogP contribution in [-0.4, -0.2) is 62.2 Å². The largest absolute Gasteiger partial charge is 0.311 e. The summed E-state index contributed by atoms with van der Waals surface area (Å²) >= 11 is 0. The smallest absolute Gasteiger partial charge is 0.0244 e. The molecule has 19 heavy (non-hydrogen) atoms. The Kier molecular flexibility index (Phi) is 6.78. The second kappa shape index (κ2) is 7.61.